The molecule has 108 valence electrons. The van der Waals surface area contributed by atoms with Crippen molar-refractivity contribution in [3.8, 4) is 11.5 Å². The maximum Gasteiger partial charge on any atom is 0.313 e. The van der Waals surface area contributed by atoms with Gasteiger partial charge in [0, 0.05) is 17.5 Å². The fourth-order valence-corrected chi connectivity index (χ4v) is 1.98. The molecule has 0 unspecified atom stereocenters. The van der Waals surface area contributed by atoms with Gasteiger partial charge in [0.25, 0.3) is 0 Å². The van der Waals surface area contributed by atoms with Crippen molar-refractivity contribution in [3.05, 3.63) is 63.2 Å². The van der Waals surface area contributed by atoms with Crippen LogP contribution in [0.4, 0.5) is 5.69 Å². The van der Waals surface area contributed by atoms with Crippen molar-refractivity contribution in [2.75, 3.05) is 0 Å². The first kappa shape index (κ1) is 15.0. The molecule has 0 spiro atoms. The molecule has 0 atom stereocenters. The van der Waals surface area contributed by atoms with Crippen molar-refractivity contribution in [1.29, 1.82) is 0 Å². The number of hydrogen-bond donors (Lipinski definition) is 0. The molecule has 6 heteroatoms. The zero-order chi connectivity index (χ0) is 15.4. The van der Waals surface area contributed by atoms with E-state index in [-0.39, 0.29) is 28.0 Å². The van der Waals surface area contributed by atoms with Crippen LogP contribution in [0.25, 0.3) is 0 Å². The van der Waals surface area contributed by atoms with Gasteiger partial charge in [-0.2, -0.15) is 0 Å². The van der Waals surface area contributed by atoms with Gasteiger partial charge in [-0.1, -0.05) is 30.7 Å². The third-order valence-electron chi connectivity index (χ3n) is 2.85. The Morgan fingerprint density at radius 3 is 2.62 bits per heavy atom. The average Bonchev–Trinajstić information content (AvgIpc) is 2.48. The van der Waals surface area contributed by atoms with Crippen molar-refractivity contribution in [2.45, 2.75) is 13.3 Å². The zero-order valence-electron chi connectivity index (χ0n) is 11.2. The molecular weight excluding hydrogens is 294 g/mol. The third-order valence-corrected chi connectivity index (χ3v) is 3.08. The highest BCUT2D eigenvalue weighted by molar-refractivity contribution is 6.30. The molecular formula is C15H12ClNO4. The van der Waals surface area contributed by atoms with Gasteiger partial charge in [-0.15, -0.1) is 0 Å². The lowest BCUT2D eigenvalue weighted by molar-refractivity contribution is -0.385. The van der Waals surface area contributed by atoms with Gasteiger partial charge in [-0.25, -0.2) is 0 Å². The first-order chi connectivity index (χ1) is 10.0. The second kappa shape index (κ2) is 6.37. The van der Waals surface area contributed by atoms with E-state index < -0.39 is 4.92 Å². The molecule has 0 aromatic heterocycles. The normalized spacial score (nSPS) is 10.2. The van der Waals surface area contributed by atoms with E-state index in [0.29, 0.717) is 12.0 Å². The van der Waals surface area contributed by atoms with E-state index in [4.69, 9.17) is 16.3 Å². The number of ether oxygens (including phenoxy) is 1. The number of benzene rings is 2. The highest BCUT2D eigenvalue weighted by Crippen LogP contribution is 2.35. The fourth-order valence-electron chi connectivity index (χ4n) is 1.81. The summed E-state index contributed by atoms with van der Waals surface area (Å²) in [7, 11) is 0. The van der Waals surface area contributed by atoms with Crippen molar-refractivity contribution < 1.29 is 14.5 Å². The molecule has 0 radical (unpaired) electrons. The summed E-state index contributed by atoms with van der Waals surface area (Å²) in [5.41, 5.74) is 0.144. The first-order valence-corrected chi connectivity index (χ1v) is 6.64. The summed E-state index contributed by atoms with van der Waals surface area (Å²) in [4.78, 5) is 22.3. The van der Waals surface area contributed by atoms with E-state index in [1.807, 2.05) is 0 Å². The number of halogens is 1. The van der Waals surface area contributed by atoms with E-state index in [2.05, 4.69) is 0 Å². The second-order valence-electron chi connectivity index (χ2n) is 4.24. The summed E-state index contributed by atoms with van der Waals surface area (Å²) < 4.78 is 5.56. The Morgan fingerprint density at radius 1 is 1.24 bits per heavy atom. The lowest BCUT2D eigenvalue weighted by atomic mass is 10.1. The quantitative estimate of drug-likeness (QED) is 0.458. The Balaban J connectivity index is 2.44. The molecule has 2 aromatic rings. The average molecular weight is 306 g/mol. The van der Waals surface area contributed by atoms with Gasteiger partial charge in [-0.05, 0) is 24.3 Å². The highest BCUT2D eigenvalue weighted by atomic mass is 35.5. The Morgan fingerprint density at radius 2 is 1.95 bits per heavy atom. The number of rotatable bonds is 5. The summed E-state index contributed by atoms with van der Waals surface area (Å²) in [5.74, 6) is 0.234. The number of para-hydroxylation sites is 1. The van der Waals surface area contributed by atoms with Gasteiger partial charge in [0.05, 0.1) is 10.5 Å². The van der Waals surface area contributed by atoms with Crippen molar-refractivity contribution in [2.24, 2.45) is 0 Å². The van der Waals surface area contributed by atoms with Gasteiger partial charge in [0.1, 0.15) is 5.75 Å². The molecule has 0 N–H and O–H groups in total. The Bertz CT molecular complexity index is 700. The van der Waals surface area contributed by atoms with Crippen LogP contribution in [0.1, 0.15) is 23.7 Å². The van der Waals surface area contributed by atoms with Crippen LogP contribution in [0.5, 0.6) is 11.5 Å². The molecule has 0 fully saturated rings. The van der Waals surface area contributed by atoms with E-state index in [1.165, 1.54) is 18.2 Å². The fraction of sp³-hybridized carbons (Fsp3) is 0.133. The van der Waals surface area contributed by atoms with E-state index in [1.54, 1.807) is 31.2 Å². The lowest BCUT2D eigenvalue weighted by Gasteiger charge is -2.10. The minimum absolute atomic E-state index is 0.0424. The molecule has 0 saturated carbocycles. The molecule has 0 amide bonds. The van der Waals surface area contributed by atoms with Gasteiger partial charge < -0.3 is 4.74 Å². The van der Waals surface area contributed by atoms with Gasteiger partial charge >= 0.3 is 5.69 Å². The van der Waals surface area contributed by atoms with Crippen LogP contribution in [0.2, 0.25) is 5.02 Å². The number of nitro benzene ring substituents is 1. The third kappa shape index (κ3) is 3.38. The summed E-state index contributed by atoms with van der Waals surface area (Å²) in [6, 6.07) is 10.8. The summed E-state index contributed by atoms with van der Waals surface area (Å²) in [6.45, 7) is 1.74. The molecule has 0 aliphatic heterocycles. The Kier molecular flexibility index (Phi) is 4.55. The van der Waals surface area contributed by atoms with E-state index in [0.717, 1.165) is 0 Å². The summed E-state index contributed by atoms with van der Waals surface area (Å²) in [5, 5.41) is 11.3. The molecule has 5 nitrogen and oxygen atoms in total. The number of hydrogen-bond acceptors (Lipinski definition) is 4. The molecule has 0 saturated heterocycles. The monoisotopic (exact) mass is 305 g/mol. The second-order valence-corrected chi connectivity index (χ2v) is 4.68. The van der Waals surface area contributed by atoms with Crippen molar-refractivity contribution in [1.82, 2.24) is 0 Å². The van der Waals surface area contributed by atoms with Crippen LogP contribution >= 0.6 is 11.6 Å². The SMILES string of the molecule is CCC(=O)c1ccccc1Oc1ccc(Cl)cc1[N+](=O)[O-]. The standard InChI is InChI=1S/C15H12ClNO4/c1-2-13(18)11-5-3-4-6-14(11)21-15-8-7-10(16)9-12(15)17(19)20/h3-9H,2H2,1H3. The molecule has 2 rings (SSSR count). The number of Topliss-reactive ketones (excluding diaryl/α,β-unsaturated/α-hetero) is 1. The Labute approximate surface area is 126 Å². The van der Waals surface area contributed by atoms with Gasteiger partial charge in [-0.3, -0.25) is 14.9 Å². The maximum atomic E-state index is 11.9. The van der Waals surface area contributed by atoms with Crippen LogP contribution in [0.3, 0.4) is 0 Å². The smallest absolute Gasteiger partial charge is 0.313 e. The minimum atomic E-state index is -0.578. The lowest BCUT2D eigenvalue weighted by Crippen LogP contribution is -2.01. The van der Waals surface area contributed by atoms with Crippen molar-refractivity contribution >= 4 is 23.1 Å². The van der Waals surface area contributed by atoms with Crippen molar-refractivity contribution in [3.63, 3.8) is 0 Å². The predicted octanol–water partition coefficient (Wildman–Crippen LogP) is 4.63. The van der Waals surface area contributed by atoms with E-state index >= 15 is 0 Å². The number of carbonyl (C=O) groups is 1. The van der Waals surface area contributed by atoms with Gasteiger partial charge in [0.15, 0.2) is 5.78 Å². The number of nitrogens with zero attached hydrogens (tertiary/aromatic N) is 1. The van der Waals surface area contributed by atoms with Crippen LogP contribution in [0, 0.1) is 10.1 Å². The number of carbonyl (C=O) groups excluding carboxylic acids is 1. The first-order valence-electron chi connectivity index (χ1n) is 6.27. The molecule has 0 bridgehead atoms. The minimum Gasteiger partial charge on any atom is -0.449 e. The van der Waals surface area contributed by atoms with Crippen LogP contribution in [-0.2, 0) is 0 Å². The number of ketones is 1. The van der Waals surface area contributed by atoms with Gasteiger partial charge in [0.2, 0.25) is 5.75 Å². The molecule has 21 heavy (non-hydrogen) atoms. The predicted molar refractivity (Wildman–Crippen MR) is 79.2 cm³/mol. The Hall–Kier alpha value is -2.40. The highest BCUT2D eigenvalue weighted by Gasteiger charge is 2.18. The molecule has 0 heterocycles. The summed E-state index contributed by atoms with van der Waals surface area (Å²) >= 11 is 5.75. The zero-order valence-corrected chi connectivity index (χ0v) is 12.0. The summed E-state index contributed by atoms with van der Waals surface area (Å²) in [6.07, 6.45) is 0.323. The largest absolute Gasteiger partial charge is 0.449 e. The van der Waals surface area contributed by atoms with Crippen LogP contribution in [-0.4, -0.2) is 10.7 Å². The number of nitro groups is 1. The molecule has 2 aromatic carbocycles. The topological polar surface area (TPSA) is 69.4 Å². The van der Waals surface area contributed by atoms with Crippen LogP contribution in [0.15, 0.2) is 42.5 Å². The maximum absolute atomic E-state index is 11.9. The molecule has 0 aliphatic carbocycles. The van der Waals surface area contributed by atoms with Crippen LogP contribution < -0.4 is 4.74 Å². The molecule has 0 aliphatic rings. The van der Waals surface area contributed by atoms with E-state index in [9.17, 15) is 14.9 Å².